The lowest BCUT2D eigenvalue weighted by molar-refractivity contribution is -0.384. The molecule has 0 bridgehead atoms. The topological polar surface area (TPSA) is 107 Å². The highest BCUT2D eigenvalue weighted by molar-refractivity contribution is 8.00. The lowest BCUT2D eigenvalue weighted by Gasteiger charge is -2.04. The summed E-state index contributed by atoms with van der Waals surface area (Å²) >= 11 is 2.62. The number of nitrogens with one attached hydrogen (secondary N) is 1. The molecule has 0 aliphatic heterocycles. The summed E-state index contributed by atoms with van der Waals surface area (Å²) < 4.78 is 6.02. The van der Waals surface area contributed by atoms with Crippen molar-refractivity contribution >= 4 is 39.8 Å². The van der Waals surface area contributed by atoms with E-state index in [2.05, 4.69) is 15.5 Å². The van der Waals surface area contributed by atoms with Gasteiger partial charge in [-0.3, -0.25) is 20.2 Å². The zero-order valence-electron chi connectivity index (χ0n) is 13.9. The fourth-order valence-corrected chi connectivity index (χ4v) is 3.76. The molecule has 10 heteroatoms. The van der Waals surface area contributed by atoms with E-state index in [0.717, 1.165) is 5.56 Å². The van der Waals surface area contributed by atoms with Crippen molar-refractivity contribution in [2.75, 3.05) is 11.9 Å². The van der Waals surface area contributed by atoms with E-state index < -0.39 is 4.92 Å². The first-order valence-electron chi connectivity index (χ1n) is 7.77. The maximum absolute atomic E-state index is 11.9. The molecule has 0 spiro atoms. The van der Waals surface area contributed by atoms with E-state index in [0.29, 0.717) is 21.0 Å². The molecule has 0 radical (unpaired) electrons. The smallest absolute Gasteiger partial charge is 0.269 e. The molecule has 1 amide bonds. The molecule has 0 saturated carbocycles. The molecule has 0 atom stereocenters. The maximum Gasteiger partial charge on any atom is 0.269 e. The number of ether oxygens (including phenoxy) is 1. The lowest BCUT2D eigenvalue weighted by Crippen LogP contribution is -2.20. The minimum Gasteiger partial charge on any atom is -0.484 e. The summed E-state index contributed by atoms with van der Waals surface area (Å²) in [6.07, 6.45) is 0. The van der Waals surface area contributed by atoms with Crippen LogP contribution in [-0.4, -0.2) is 27.6 Å². The average Bonchev–Trinajstić information content (AvgIpc) is 3.13. The predicted octanol–water partition coefficient (Wildman–Crippen LogP) is 3.76. The summed E-state index contributed by atoms with van der Waals surface area (Å²) in [5.41, 5.74) is 0.864. The number of carbonyl (C=O) groups is 1. The Hall–Kier alpha value is -2.98. The van der Waals surface area contributed by atoms with Crippen LogP contribution in [0.2, 0.25) is 0 Å². The number of non-ortho nitro benzene ring substituents is 1. The molecule has 1 heterocycles. The Morgan fingerprint density at radius 1 is 1.19 bits per heavy atom. The van der Waals surface area contributed by atoms with Gasteiger partial charge >= 0.3 is 0 Å². The SMILES string of the molecule is O=C(COc1ccccc1)Nc1nnc(SCc2cccc([N+](=O)[O-])c2)s1. The average molecular weight is 402 g/mol. The molecule has 1 aromatic heterocycles. The Labute approximate surface area is 162 Å². The van der Waals surface area contributed by atoms with Gasteiger partial charge in [-0.25, -0.2) is 0 Å². The summed E-state index contributed by atoms with van der Waals surface area (Å²) in [7, 11) is 0. The Morgan fingerprint density at radius 3 is 2.78 bits per heavy atom. The fourth-order valence-electron chi connectivity index (χ4n) is 2.04. The third kappa shape index (κ3) is 5.76. The van der Waals surface area contributed by atoms with Gasteiger partial charge in [0.2, 0.25) is 5.13 Å². The molecule has 1 N–H and O–H groups in total. The first-order valence-corrected chi connectivity index (χ1v) is 9.58. The van der Waals surface area contributed by atoms with Crippen LogP contribution in [0.5, 0.6) is 5.75 Å². The van der Waals surface area contributed by atoms with Crippen molar-refractivity contribution in [1.82, 2.24) is 10.2 Å². The highest BCUT2D eigenvalue weighted by atomic mass is 32.2. The van der Waals surface area contributed by atoms with Crippen molar-refractivity contribution in [2.24, 2.45) is 0 Å². The number of nitro benzene ring substituents is 1. The minimum atomic E-state index is -0.426. The number of thioether (sulfide) groups is 1. The Kier molecular flexibility index (Phi) is 6.34. The number of benzene rings is 2. The third-order valence-electron chi connectivity index (χ3n) is 3.25. The van der Waals surface area contributed by atoms with Gasteiger partial charge in [-0.05, 0) is 17.7 Å². The van der Waals surface area contributed by atoms with Crippen LogP contribution in [0.1, 0.15) is 5.56 Å². The molecule has 0 aliphatic rings. The summed E-state index contributed by atoms with van der Waals surface area (Å²) in [5, 5.41) is 21.7. The van der Waals surface area contributed by atoms with Crippen molar-refractivity contribution in [1.29, 1.82) is 0 Å². The second-order valence-corrected chi connectivity index (χ2v) is 7.44. The van der Waals surface area contributed by atoms with Crippen molar-refractivity contribution in [3.8, 4) is 5.75 Å². The number of anilines is 1. The standard InChI is InChI=1S/C17H14N4O4S2/c22-15(10-25-14-7-2-1-3-8-14)18-16-19-20-17(27-16)26-11-12-5-4-6-13(9-12)21(23)24/h1-9H,10-11H2,(H,18,19,22). The van der Waals surface area contributed by atoms with Gasteiger partial charge in [0.05, 0.1) is 4.92 Å². The van der Waals surface area contributed by atoms with Crippen LogP contribution in [-0.2, 0) is 10.5 Å². The number of hydrogen-bond donors (Lipinski definition) is 1. The molecule has 0 fully saturated rings. The Bertz CT molecular complexity index is 933. The van der Waals surface area contributed by atoms with E-state index >= 15 is 0 Å². The summed E-state index contributed by atoms with van der Waals surface area (Å²) in [6, 6.07) is 15.5. The van der Waals surface area contributed by atoms with Crippen LogP contribution in [0, 0.1) is 10.1 Å². The molecule has 3 rings (SSSR count). The highest BCUT2D eigenvalue weighted by Crippen LogP contribution is 2.29. The zero-order chi connectivity index (χ0) is 19.1. The van der Waals surface area contributed by atoms with E-state index in [1.165, 1.54) is 35.2 Å². The molecule has 8 nitrogen and oxygen atoms in total. The van der Waals surface area contributed by atoms with Crippen LogP contribution < -0.4 is 10.1 Å². The van der Waals surface area contributed by atoms with Crippen molar-refractivity contribution in [2.45, 2.75) is 10.1 Å². The van der Waals surface area contributed by atoms with Gasteiger partial charge in [0.25, 0.3) is 11.6 Å². The molecule has 0 unspecified atom stereocenters. The second kappa shape index (κ2) is 9.10. The van der Waals surface area contributed by atoms with E-state index in [4.69, 9.17) is 4.74 Å². The molecule has 138 valence electrons. The van der Waals surface area contributed by atoms with Gasteiger partial charge < -0.3 is 4.74 Å². The van der Waals surface area contributed by atoms with E-state index in [9.17, 15) is 14.9 Å². The fraction of sp³-hybridized carbons (Fsp3) is 0.118. The molecule has 27 heavy (non-hydrogen) atoms. The lowest BCUT2D eigenvalue weighted by atomic mass is 10.2. The number of rotatable bonds is 8. The third-order valence-corrected chi connectivity index (χ3v) is 5.29. The van der Waals surface area contributed by atoms with Crippen LogP contribution >= 0.6 is 23.1 Å². The maximum atomic E-state index is 11.9. The van der Waals surface area contributed by atoms with Gasteiger partial charge in [0.15, 0.2) is 10.9 Å². The quantitative estimate of drug-likeness (QED) is 0.264. The van der Waals surface area contributed by atoms with Gasteiger partial charge in [-0.1, -0.05) is 53.4 Å². The van der Waals surface area contributed by atoms with Crippen LogP contribution in [0.25, 0.3) is 0 Å². The molecule has 2 aromatic carbocycles. The second-order valence-electron chi connectivity index (χ2n) is 5.24. The first kappa shape index (κ1) is 18.8. The van der Waals surface area contributed by atoms with E-state index in [1.807, 2.05) is 24.3 Å². The van der Waals surface area contributed by atoms with Gasteiger partial charge in [0, 0.05) is 17.9 Å². The first-order chi connectivity index (χ1) is 13.1. The van der Waals surface area contributed by atoms with Crippen LogP contribution in [0.4, 0.5) is 10.8 Å². The van der Waals surface area contributed by atoms with Gasteiger partial charge in [0.1, 0.15) is 5.75 Å². The highest BCUT2D eigenvalue weighted by Gasteiger charge is 2.11. The normalized spacial score (nSPS) is 10.4. The molecular formula is C17H14N4O4S2. The van der Waals surface area contributed by atoms with Crippen molar-refractivity contribution < 1.29 is 14.5 Å². The number of aromatic nitrogens is 2. The van der Waals surface area contributed by atoms with Crippen molar-refractivity contribution in [3.63, 3.8) is 0 Å². The molecular weight excluding hydrogens is 388 g/mol. The number of para-hydroxylation sites is 1. The van der Waals surface area contributed by atoms with Crippen LogP contribution in [0.15, 0.2) is 58.9 Å². The number of hydrogen-bond acceptors (Lipinski definition) is 8. The molecule has 3 aromatic rings. The largest absolute Gasteiger partial charge is 0.484 e. The van der Waals surface area contributed by atoms with Crippen LogP contribution in [0.3, 0.4) is 0 Å². The van der Waals surface area contributed by atoms with Crippen molar-refractivity contribution in [3.05, 3.63) is 70.3 Å². The molecule has 0 saturated heterocycles. The zero-order valence-corrected chi connectivity index (χ0v) is 15.5. The monoisotopic (exact) mass is 402 g/mol. The minimum absolute atomic E-state index is 0.0525. The number of carbonyl (C=O) groups excluding carboxylic acids is 1. The molecule has 0 aliphatic carbocycles. The van der Waals surface area contributed by atoms with Gasteiger partial charge in [-0.15, -0.1) is 10.2 Å². The Balaban J connectivity index is 1.48. The summed E-state index contributed by atoms with van der Waals surface area (Å²) in [5.74, 6) is 0.796. The van der Waals surface area contributed by atoms with E-state index in [1.54, 1.807) is 18.2 Å². The number of nitro groups is 1. The van der Waals surface area contributed by atoms with Gasteiger partial charge in [-0.2, -0.15) is 0 Å². The summed E-state index contributed by atoms with van der Waals surface area (Å²) in [6.45, 7) is -0.125. The Morgan fingerprint density at radius 2 is 2.00 bits per heavy atom. The summed E-state index contributed by atoms with van der Waals surface area (Å²) in [4.78, 5) is 22.3. The van der Waals surface area contributed by atoms with E-state index in [-0.39, 0.29) is 18.2 Å². The number of nitrogens with zero attached hydrogens (tertiary/aromatic N) is 3. The predicted molar refractivity (Wildman–Crippen MR) is 103 cm³/mol. The number of amides is 1.